The minimum atomic E-state index is -0.142. The zero-order valence-electron chi connectivity index (χ0n) is 12.0. The lowest BCUT2D eigenvalue weighted by molar-refractivity contribution is -0.135. The maximum Gasteiger partial charge on any atom is 0.160 e. The molecule has 0 N–H and O–H groups in total. The zero-order chi connectivity index (χ0) is 13.2. The molecule has 1 aliphatic rings. The van der Waals surface area contributed by atoms with Gasteiger partial charge in [0.25, 0.3) is 0 Å². The first-order valence-electron chi connectivity index (χ1n) is 7.19. The smallest absolute Gasteiger partial charge is 0.160 e. The van der Waals surface area contributed by atoms with E-state index in [1.807, 2.05) is 0 Å². The average Bonchev–Trinajstić information content (AvgIpc) is 2.78. The molecule has 0 unspecified atom stereocenters. The predicted octanol–water partition coefficient (Wildman–Crippen LogP) is 2.75. The van der Waals surface area contributed by atoms with Crippen molar-refractivity contribution in [1.29, 1.82) is 0 Å². The molecule has 0 radical (unpaired) electrons. The van der Waals surface area contributed by atoms with Crippen molar-refractivity contribution in [1.82, 2.24) is 0 Å². The Bertz CT molecular complexity index is 198. The molecule has 1 saturated heterocycles. The molecule has 0 aromatic rings. The Morgan fingerprint density at radius 1 is 1.11 bits per heavy atom. The van der Waals surface area contributed by atoms with Crippen molar-refractivity contribution in [2.45, 2.75) is 64.4 Å². The van der Waals surface area contributed by atoms with E-state index in [-0.39, 0.29) is 18.5 Å². The van der Waals surface area contributed by atoms with E-state index in [2.05, 4.69) is 13.8 Å². The third-order valence-corrected chi connectivity index (χ3v) is 3.18. The first kappa shape index (κ1) is 15.9. The van der Waals surface area contributed by atoms with Gasteiger partial charge in [0.1, 0.15) is 6.10 Å². The van der Waals surface area contributed by atoms with Crippen LogP contribution in [0.1, 0.15) is 46.0 Å². The molecule has 0 spiro atoms. The topological polar surface area (TPSA) is 36.9 Å². The van der Waals surface area contributed by atoms with Gasteiger partial charge in [-0.25, -0.2) is 0 Å². The minimum absolute atomic E-state index is 0.0173. The van der Waals surface area contributed by atoms with Crippen LogP contribution in [0.5, 0.6) is 0 Å². The second kappa shape index (κ2) is 9.73. The highest BCUT2D eigenvalue weighted by Crippen LogP contribution is 2.24. The van der Waals surface area contributed by atoms with Crippen molar-refractivity contribution < 1.29 is 18.9 Å². The van der Waals surface area contributed by atoms with Crippen LogP contribution in [-0.2, 0) is 18.9 Å². The molecule has 1 aliphatic heterocycles. The van der Waals surface area contributed by atoms with E-state index >= 15 is 0 Å². The van der Waals surface area contributed by atoms with E-state index in [4.69, 9.17) is 18.9 Å². The molecule has 0 amide bonds. The van der Waals surface area contributed by atoms with Crippen LogP contribution in [0.4, 0.5) is 0 Å². The van der Waals surface area contributed by atoms with Gasteiger partial charge in [-0.15, -0.1) is 0 Å². The molecule has 4 heteroatoms. The first-order valence-corrected chi connectivity index (χ1v) is 7.19. The fraction of sp³-hybridized carbons (Fsp3) is 1.00. The normalized spacial score (nSPS) is 27.8. The maximum atomic E-state index is 5.86. The van der Waals surface area contributed by atoms with Crippen molar-refractivity contribution in [3.8, 4) is 0 Å². The van der Waals surface area contributed by atoms with Gasteiger partial charge >= 0.3 is 0 Å². The molecule has 3 atom stereocenters. The van der Waals surface area contributed by atoms with E-state index in [0.717, 1.165) is 45.3 Å². The van der Waals surface area contributed by atoms with Crippen LogP contribution >= 0.6 is 0 Å². The molecule has 0 saturated carbocycles. The third kappa shape index (κ3) is 5.65. The van der Waals surface area contributed by atoms with Crippen molar-refractivity contribution in [3.63, 3.8) is 0 Å². The quantitative estimate of drug-likeness (QED) is 0.566. The Morgan fingerprint density at radius 2 is 1.83 bits per heavy atom. The number of ether oxygens (including phenoxy) is 4. The van der Waals surface area contributed by atoms with Gasteiger partial charge in [-0.2, -0.15) is 0 Å². The number of methoxy groups -OCH3 is 1. The standard InChI is InChI=1S/C14H28O4/c1-4-6-8-16-11-13-12(17-9-7-5-2)10-14(15-3)18-13/h12-14H,4-11H2,1-3H3/t12-,13-,14-/m1/s1. The van der Waals surface area contributed by atoms with E-state index < -0.39 is 0 Å². The summed E-state index contributed by atoms with van der Waals surface area (Å²) in [4.78, 5) is 0. The Labute approximate surface area is 111 Å². The van der Waals surface area contributed by atoms with Gasteiger partial charge < -0.3 is 18.9 Å². The van der Waals surface area contributed by atoms with Gasteiger partial charge in [-0.05, 0) is 12.8 Å². The third-order valence-electron chi connectivity index (χ3n) is 3.18. The van der Waals surface area contributed by atoms with Crippen LogP contribution < -0.4 is 0 Å². The second-order valence-corrected chi connectivity index (χ2v) is 4.77. The molecule has 1 fully saturated rings. The largest absolute Gasteiger partial charge is 0.379 e. The monoisotopic (exact) mass is 260 g/mol. The first-order chi connectivity index (χ1) is 8.81. The fourth-order valence-corrected chi connectivity index (χ4v) is 1.98. The van der Waals surface area contributed by atoms with Crippen molar-refractivity contribution >= 4 is 0 Å². The molecule has 0 bridgehead atoms. The minimum Gasteiger partial charge on any atom is -0.379 e. The molecule has 4 nitrogen and oxygen atoms in total. The summed E-state index contributed by atoms with van der Waals surface area (Å²) >= 11 is 0. The lowest BCUT2D eigenvalue weighted by Crippen LogP contribution is -2.29. The molecule has 0 aromatic heterocycles. The number of hydrogen-bond donors (Lipinski definition) is 0. The molecular formula is C14H28O4. The highest BCUT2D eigenvalue weighted by molar-refractivity contribution is 4.79. The second-order valence-electron chi connectivity index (χ2n) is 4.77. The molecule has 1 rings (SSSR count). The van der Waals surface area contributed by atoms with Gasteiger partial charge in [0, 0.05) is 26.7 Å². The number of hydrogen-bond acceptors (Lipinski definition) is 4. The predicted molar refractivity (Wildman–Crippen MR) is 70.7 cm³/mol. The van der Waals surface area contributed by atoms with Gasteiger partial charge in [-0.1, -0.05) is 26.7 Å². The van der Waals surface area contributed by atoms with Crippen molar-refractivity contribution in [2.24, 2.45) is 0 Å². The number of rotatable bonds is 10. The summed E-state index contributed by atoms with van der Waals surface area (Å²) < 4.78 is 22.5. The van der Waals surface area contributed by atoms with Crippen LogP contribution in [0, 0.1) is 0 Å². The van der Waals surface area contributed by atoms with Gasteiger partial charge in [0.05, 0.1) is 12.7 Å². The Balaban J connectivity index is 2.26. The van der Waals surface area contributed by atoms with Crippen LogP contribution in [0.2, 0.25) is 0 Å². The van der Waals surface area contributed by atoms with Gasteiger partial charge in [0.2, 0.25) is 0 Å². The highest BCUT2D eigenvalue weighted by Gasteiger charge is 2.36. The van der Waals surface area contributed by atoms with Gasteiger partial charge in [-0.3, -0.25) is 0 Å². The van der Waals surface area contributed by atoms with E-state index in [1.165, 1.54) is 0 Å². The summed E-state index contributed by atoms with van der Waals surface area (Å²) in [5.41, 5.74) is 0. The van der Waals surface area contributed by atoms with Crippen LogP contribution in [-0.4, -0.2) is 45.4 Å². The molecule has 1 heterocycles. The Kier molecular flexibility index (Phi) is 8.59. The summed E-state index contributed by atoms with van der Waals surface area (Å²) in [6, 6.07) is 0. The summed E-state index contributed by atoms with van der Waals surface area (Å²) in [5, 5.41) is 0. The van der Waals surface area contributed by atoms with Gasteiger partial charge in [0.15, 0.2) is 6.29 Å². The molecule has 0 aromatic carbocycles. The van der Waals surface area contributed by atoms with E-state index in [1.54, 1.807) is 7.11 Å². The number of unbranched alkanes of at least 4 members (excludes halogenated alkanes) is 2. The maximum absolute atomic E-state index is 5.86. The zero-order valence-corrected chi connectivity index (χ0v) is 12.0. The summed E-state index contributed by atoms with van der Waals surface area (Å²) in [5.74, 6) is 0. The van der Waals surface area contributed by atoms with Crippen molar-refractivity contribution in [3.05, 3.63) is 0 Å². The van der Waals surface area contributed by atoms with Crippen LogP contribution in [0.15, 0.2) is 0 Å². The van der Waals surface area contributed by atoms with E-state index in [0.29, 0.717) is 6.61 Å². The average molecular weight is 260 g/mol. The molecule has 108 valence electrons. The fourth-order valence-electron chi connectivity index (χ4n) is 1.98. The SMILES string of the molecule is CCCCOC[C@H]1O[C@@H](OC)C[C@H]1OCCCC. The van der Waals surface area contributed by atoms with Crippen molar-refractivity contribution in [2.75, 3.05) is 26.9 Å². The van der Waals surface area contributed by atoms with E-state index in [9.17, 15) is 0 Å². The van der Waals surface area contributed by atoms with Crippen LogP contribution in [0.3, 0.4) is 0 Å². The van der Waals surface area contributed by atoms with Crippen LogP contribution in [0.25, 0.3) is 0 Å². The Morgan fingerprint density at radius 3 is 2.50 bits per heavy atom. The summed E-state index contributed by atoms with van der Waals surface area (Å²) in [6.07, 6.45) is 5.30. The lowest BCUT2D eigenvalue weighted by Gasteiger charge is -2.18. The summed E-state index contributed by atoms with van der Waals surface area (Å²) in [7, 11) is 1.67. The summed E-state index contributed by atoms with van der Waals surface area (Å²) in [6.45, 7) is 6.53. The lowest BCUT2D eigenvalue weighted by atomic mass is 10.2. The molecular weight excluding hydrogens is 232 g/mol. The Hall–Kier alpha value is -0.160. The molecule has 18 heavy (non-hydrogen) atoms. The molecule has 0 aliphatic carbocycles. The highest BCUT2D eigenvalue weighted by atomic mass is 16.7.